The molecule has 0 aromatic heterocycles. The van der Waals surface area contributed by atoms with E-state index in [1.165, 1.54) is 34.9 Å². The highest BCUT2D eigenvalue weighted by Crippen LogP contribution is 2.47. The number of ether oxygens (including phenoxy) is 1. The zero-order valence-electron chi connectivity index (χ0n) is 26.8. The summed E-state index contributed by atoms with van der Waals surface area (Å²) in [5.41, 5.74) is -0.462. The number of carboxylic acid groups (broad SMARTS) is 1. The lowest BCUT2D eigenvalue weighted by atomic mass is 9.88. The number of benzene rings is 1. The van der Waals surface area contributed by atoms with E-state index in [2.05, 4.69) is 17.6 Å². The molecule has 254 valence electrons. The lowest BCUT2D eigenvalue weighted by Crippen LogP contribution is -2.78. The van der Waals surface area contributed by atoms with Crippen LogP contribution in [0.15, 0.2) is 41.6 Å². The number of amides is 5. The maximum absolute atomic E-state index is 13.9. The third kappa shape index (κ3) is 7.95. The van der Waals surface area contributed by atoms with Crippen molar-refractivity contribution in [1.29, 1.82) is 0 Å². The first-order valence-electron chi connectivity index (χ1n) is 15.7. The minimum Gasteiger partial charge on any atom is -0.477 e. The monoisotopic (exact) mass is 687 g/mol. The van der Waals surface area contributed by atoms with Gasteiger partial charge in [-0.25, -0.2) is 9.59 Å². The van der Waals surface area contributed by atoms with Gasteiger partial charge in [0.1, 0.15) is 34.2 Å². The number of thioether (sulfide) groups is 1. The predicted octanol–water partition coefficient (Wildman–Crippen LogP) is 2.96. The van der Waals surface area contributed by atoms with Crippen molar-refractivity contribution in [2.75, 3.05) is 32.0 Å². The van der Waals surface area contributed by atoms with Gasteiger partial charge in [-0.05, 0) is 18.9 Å². The molecule has 5 amide bonds. The van der Waals surface area contributed by atoms with Crippen LogP contribution in [-0.2, 0) is 28.7 Å². The number of fused-ring (bicyclic) bond motifs is 1. The largest absolute Gasteiger partial charge is 0.477 e. The molecule has 3 heterocycles. The van der Waals surface area contributed by atoms with Gasteiger partial charge >= 0.3 is 29.8 Å². The smallest absolute Gasteiger partial charge is 0.352 e. The molecule has 0 spiro atoms. The lowest BCUT2D eigenvalue weighted by molar-refractivity contribution is -0.153. The minimum atomic E-state index is -1.26. The van der Waals surface area contributed by atoms with E-state index in [0.29, 0.717) is 17.7 Å². The number of carbonyl (C=O) groups excluding carboxylic acids is 5. The summed E-state index contributed by atoms with van der Waals surface area (Å²) < 4.78 is 5.04. The average Bonchev–Trinajstić information content (AvgIpc) is 3.05. The number of nitrogens with one attached hydrogen (secondary N) is 2. The van der Waals surface area contributed by atoms with Gasteiger partial charge in [0.15, 0.2) is 0 Å². The molecule has 47 heavy (non-hydrogen) atoms. The molecule has 0 aliphatic carbocycles. The van der Waals surface area contributed by atoms with Crippen LogP contribution in [0.5, 0.6) is 0 Å². The lowest BCUT2D eigenvalue weighted by Gasteiger charge is -2.58. The number of thiocarbonyl (C=S) groups is 1. The van der Waals surface area contributed by atoms with Crippen LogP contribution in [0.25, 0.3) is 0 Å². The summed E-state index contributed by atoms with van der Waals surface area (Å²) in [7, 11) is 0. The van der Waals surface area contributed by atoms with E-state index in [1.807, 2.05) is 0 Å². The summed E-state index contributed by atoms with van der Waals surface area (Å²) in [6, 6.07) is 6.28. The second-order valence-electron chi connectivity index (χ2n) is 11.9. The molecule has 3 N–H and O–H groups in total. The number of carbonyl (C=O) groups is 6. The highest BCUT2D eigenvalue weighted by Gasteiger charge is 2.60. The molecular formula is C32H41N5O8S2. The Kier molecular flexibility index (Phi) is 12.0. The Hall–Kier alpha value is -3.98. The number of rotatable bonds is 14. The predicted molar refractivity (Wildman–Crippen MR) is 178 cm³/mol. The van der Waals surface area contributed by atoms with Crippen molar-refractivity contribution >= 4 is 64.7 Å². The summed E-state index contributed by atoms with van der Waals surface area (Å²) >= 11 is 6.95. The average molecular weight is 688 g/mol. The van der Waals surface area contributed by atoms with Crippen molar-refractivity contribution < 1.29 is 38.6 Å². The number of unbranched alkanes of at least 4 members (excludes halogenated alkanes) is 5. The van der Waals surface area contributed by atoms with E-state index in [1.54, 1.807) is 37.3 Å². The first kappa shape index (κ1) is 35.9. The number of hydrogen-bond acceptors (Lipinski definition) is 9. The molecule has 1 aromatic rings. The Morgan fingerprint density at radius 1 is 1.06 bits per heavy atom. The van der Waals surface area contributed by atoms with Crippen molar-refractivity contribution in [1.82, 2.24) is 25.3 Å². The second kappa shape index (κ2) is 15.7. The molecule has 0 radical (unpaired) electrons. The Morgan fingerprint density at radius 3 is 2.40 bits per heavy atom. The van der Waals surface area contributed by atoms with E-state index in [-0.39, 0.29) is 36.1 Å². The maximum atomic E-state index is 13.9. The fourth-order valence-corrected chi connectivity index (χ4v) is 7.78. The molecule has 15 heteroatoms. The van der Waals surface area contributed by atoms with Gasteiger partial charge in [0.05, 0.1) is 0 Å². The summed E-state index contributed by atoms with van der Waals surface area (Å²) in [6.07, 6.45) is 6.24. The number of piperazine rings is 1. The standard InChI is InChI=1S/C32H41N5O8S2/c1-4-5-6-7-8-12-15-35-16-17-36(27(41)26(35)40)31(44)33-23(21-13-10-9-11-14-21)25(39)34-32(3)29(46)37-24(28(42)43)22(18-45-20(2)38)19-47-30(32)37/h9-11,13-14,23,30H,4-8,12,15-19H2,1-3H3,(H,33,44)(H,34,39)(H,42,43)/t23?,30-,32+/m0/s1. The molecule has 3 aliphatic rings. The van der Waals surface area contributed by atoms with Crippen LogP contribution in [0.1, 0.15) is 70.9 Å². The Bertz CT molecular complexity index is 1450. The van der Waals surface area contributed by atoms with Crippen LogP contribution in [0.2, 0.25) is 0 Å². The van der Waals surface area contributed by atoms with E-state index in [9.17, 15) is 33.9 Å². The number of urea groups is 1. The number of hydrogen-bond donors (Lipinski definition) is 3. The van der Waals surface area contributed by atoms with Gasteiger partial charge in [-0.1, -0.05) is 81.6 Å². The van der Waals surface area contributed by atoms with Crippen molar-refractivity contribution in [3.05, 3.63) is 47.2 Å². The quantitative estimate of drug-likeness (QED) is 0.114. The van der Waals surface area contributed by atoms with Crippen molar-refractivity contribution in [3.63, 3.8) is 0 Å². The fourth-order valence-electron chi connectivity index (χ4n) is 5.84. The third-order valence-electron chi connectivity index (χ3n) is 8.42. The number of nitrogens with zero attached hydrogens (tertiary/aromatic N) is 3. The molecule has 0 bridgehead atoms. The van der Waals surface area contributed by atoms with Gasteiger partial charge in [-0.15, -0.1) is 11.8 Å². The Morgan fingerprint density at radius 2 is 1.74 bits per heavy atom. The van der Waals surface area contributed by atoms with Crippen LogP contribution in [0, 0.1) is 0 Å². The van der Waals surface area contributed by atoms with Crippen molar-refractivity contribution in [2.24, 2.45) is 0 Å². The van der Waals surface area contributed by atoms with Crippen LogP contribution < -0.4 is 10.6 Å². The highest BCUT2D eigenvalue weighted by molar-refractivity contribution is 8.00. The molecule has 1 unspecified atom stereocenters. The maximum Gasteiger partial charge on any atom is 0.352 e. The Labute approximate surface area is 283 Å². The molecule has 13 nitrogen and oxygen atoms in total. The van der Waals surface area contributed by atoms with Gasteiger partial charge in [0, 0.05) is 37.9 Å². The molecule has 3 atom stereocenters. The van der Waals surface area contributed by atoms with Gasteiger partial charge in [-0.3, -0.25) is 24.1 Å². The minimum absolute atomic E-state index is 0.00911. The molecule has 4 rings (SSSR count). The van der Waals surface area contributed by atoms with Crippen molar-refractivity contribution in [3.8, 4) is 0 Å². The summed E-state index contributed by atoms with van der Waals surface area (Å²) in [5, 5.41) is 14.9. The van der Waals surface area contributed by atoms with E-state index >= 15 is 0 Å². The number of aliphatic carboxylic acids is 1. The van der Waals surface area contributed by atoms with Gasteiger partial charge < -0.3 is 30.3 Å². The molecule has 3 aliphatic heterocycles. The molecule has 0 saturated carbocycles. The molecular weight excluding hydrogens is 647 g/mol. The molecule has 1 aromatic carbocycles. The van der Waals surface area contributed by atoms with E-state index in [4.69, 9.17) is 17.0 Å². The van der Waals surface area contributed by atoms with Crippen LogP contribution in [-0.4, -0.2) is 103 Å². The fraction of sp³-hybridized carbons (Fsp3) is 0.531. The first-order valence-corrected chi connectivity index (χ1v) is 17.2. The summed E-state index contributed by atoms with van der Waals surface area (Å²) in [4.78, 5) is 80.5. The topological polar surface area (TPSA) is 166 Å². The number of imide groups is 1. The summed E-state index contributed by atoms with van der Waals surface area (Å²) in [6.45, 7) is 5.49. The van der Waals surface area contributed by atoms with Gasteiger partial charge in [0.2, 0.25) is 5.91 Å². The Balaban J connectivity index is 1.44. The van der Waals surface area contributed by atoms with Crippen LogP contribution >= 0.6 is 24.0 Å². The third-order valence-corrected chi connectivity index (χ3v) is 10.6. The zero-order valence-corrected chi connectivity index (χ0v) is 28.4. The van der Waals surface area contributed by atoms with Crippen LogP contribution in [0.4, 0.5) is 4.79 Å². The first-order chi connectivity index (χ1) is 22.4. The second-order valence-corrected chi connectivity index (χ2v) is 13.3. The highest BCUT2D eigenvalue weighted by atomic mass is 32.2. The van der Waals surface area contributed by atoms with Gasteiger partial charge in [0.25, 0.3) is 0 Å². The van der Waals surface area contributed by atoms with Crippen molar-refractivity contribution in [2.45, 2.75) is 76.3 Å². The van der Waals surface area contributed by atoms with E-state index < -0.39 is 52.6 Å². The zero-order chi connectivity index (χ0) is 34.3. The summed E-state index contributed by atoms with van der Waals surface area (Å²) in [5.74, 6) is -3.91. The molecule has 2 saturated heterocycles. The molecule has 2 fully saturated rings. The number of esters is 1. The normalized spacial score (nSPS) is 21.6. The van der Waals surface area contributed by atoms with Gasteiger partial charge in [-0.2, -0.15) is 0 Å². The van der Waals surface area contributed by atoms with Crippen LogP contribution in [0.3, 0.4) is 0 Å². The van der Waals surface area contributed by atoms with E-state index in [0.717, 1.165) is 37.0 Å². The SMILES string of the molecule is CCCCCCCCN1CCN(C(=O)NC(C(=O)N[C@]2(C)C(=S)N3C(C(=O)O)=C(COC(C)=O)CS[C@H]32)c2ccccc2)C(=O)C1=O. The number of carboxylic acids is 1.